The monoisotopic (exact) mass is 294 g/mol. The van der Waals surface area contributed by atoms with Crippen molar-refractivity contribution < 1.29 is 14.3 Å². The number of nitrogens with one attached hydrogen (secondary N) is 2. The van der Waals surface area contributed by atoms with Gasteiger partial charge >= 0.3 is 0 Å². The Hall–Kier alpha value is -1.75. The first-order chi connectivity index (χ1) is 9.97. The van der Waals surface area contributed by atoms with Gasteiger partial charge in [0, 0.05) is 25.0 Å². The molecule has 0 saturated heterocycles. The minimum Gasteiger partial charge on any atom is -0.493 e. The van der Waals surface area contributed by atoms with Crippen LogP contribution in [-0.2, 0) is 4.79 Å². The lowest BCUT2D eigenvalue weighted by atomic mass is 10.1. The largest absolute Gasteiger partial charge is 0.493 e. The molecule has 1 amide bonds. The molecule has 2 N–H and O–H groups in total. The van der Waals surface area contributed by atoms with E-state index < -0.39 is 0 Å². The second kappa shape index (κ2) is 8.52. The van der Waals surface area contributed by atoms with Gasteiger partial charge in [0.1, 0.15) is 0 Å². The Balaban J connectivity index is 2.52. The maximum atomic E-state index is 11.6. The maximum absolute atomic E-state index is 11.6. The van der Waals surface area contributed by atoms with Crippen molar-refractivity contribution in [2.24, 2.45) is 0 Å². The molecule has 0 spiro atoms. The lowest BCUT2D eigenvalue weighted by Crippen LogP contribution is -2.33. The van der Waals surface area contributed by atoms with Crippen LogP contribution in [0.5, 0.6) is 11.5 Å². The second-order valence-electron chi connectivity index (χ2n) is 5.26. The SMILES string of the molecule is COc1ccc(C(C)NCCC(=O)NC(C)C)cc1OC. The quantitative estimate of drug-likeness (QED) is 0.772. The molecule has 0 radical (unpaired) electrons. The lowest BCUT2D eigenvalue weighted by molar-refractivity contribution is -0.121. The molecule has 0 saturated carbocycles. The summed E-state index contributed by atoms with van der Waals surface area (Å²) in [5, 5.41) is 6.21. The predicted molar refractivity (Wildman–Crippen MR) is 83.9 cm³/mol. The Bertz CT molecular complexity index is 461. The Morgan fingerprint density at radius 1 is 1.14 bits per heavy atom. The molecule has 1 aromatic carbocycles. The Labute approximate surface area is 127 Å². The summed E-state index contributed by atoms with van der Waals surface area (Å²) in [5.41, 5.74) is 1.09. The molecule has 1 rings (SSSR count). The van der Waals surface area contributed by atoms with Crippen LogP contribution in [0.25, 0.3) is 0 Å². The van der Waals surface area contributed by atoms with Gasteiger partial charge in [-0.05, 0) is 38.5 Å². The van der Waals surface area contributed by atoms with Crippen molar-refractivity contribution in [1.29, 1.82) is 0 Å². The zero-order valence-corrected chi connectivity index (χ0v) is 13.5. The summed E-state index contributed by atoms with van der Waals surface area (Å²) in [6.45, 7) is 6.60. The van der Waals surface area contributed by atoms with Gasteiger partial charge in [0.2, 0.25) is 5.91 Å². The van der Waals surface area contributed by atoms with E-state index in [-0.39, 0.29) is 18.0 Å². The van der Waals surface area contributed by atoms with Crippen molar-refractivity contribution >= 4 is 5.91 Å². The highest BCUT2D eigenvalue weighted by atomic mass is 16.5. The van der Waals surface area contributed by atoms with E-state index in [1.165, 1.54) is 0 Å². The molecule has 0 aliphatic rings. The first kappa shape index (κ1) is 17.3. The van der Waals surface area contributed by atoms with Gasteiger partial charge < -0.3 is 20.1 Å². The molecule has 21 heavy (non-hydrogen) atoms. The topological polar surface area (TPSA) is 59.6 Å². The highest BCUT2D eigenvalue weighted by Crippen LogP contribution is 2.29. The summed E-state index contributed by atoms with van der Waals surface area (Å²) in [6, 6.07) is 6.15. The van der Waals surface area contributed by atoms with Gasteiger partial charge in [-0.1, -0.05) is 6.07 Å². The predicted octanol–water partition coefficient (Wildman–Crippen LogP) is 2.27. The fraction of sp³-hybridized carbons (Fsp3) is 0.562. The number of carbonyl (C=O) groups is 1. The first-order valence-electron chi connectivity index (χ1n) is 7.22. The summed E-state index contributed by atoms with van der Waals surface area (Å²) in [6.07, 6.45) is 0.468. The Kier molecular flexibility index (Phi) is 7.02. The second-order valence-corrected chi connectivity index (χ2v) is 5.26. The number of ether oxygens (including phenoxy) is 2. The van der Waals surface area contributed by atoms with Crippen LogP contribution in [-0.4, -0.2) is 32.7 Å². The third-order valence-corrected chi connectivity index (χ3v) is 3.16. The van der Waals surface area contributed by atoms with E-state index in [4.69, 9.17) is 9.47 Å². The summed E-state index contributed by atoms with van der Waals surface area (Å²) < 4.78 is 10.5. The van der Waals surface area contributed by atoms with Crippen LogP contribution < -0.4 is 20.1 Å². The van der Waals surface area contributed by atoms with E-state index in [9.17, 15) is 4.79 Å². The van der Waals surface area contributed by atoms with E-state index in [2.05, 4.69) is 17.6 Å². The van der Waals surface area contributed by atoms with E-state index in [1.54, 1.807) is 14.2 Å². The molecule has 0 aliphatic carbocycles. The van der Waals surface area contributed by atoms with Crippen LogP contribution >= 0.6 is 0 Å². The third-order valence-electron chi connectivity index (χ3n) is 3.16. The average Bonchev–Trinajstić information content (AvgIpc) is 2.45. The van der Waals surface area contributed by atoms with Crippen LogP contribution in [0, 0.1) is 0 Å². The molecule has 1 unspecified atom stereocenters. The van der Waals surface area contributed by atoms with Gasteiger partial charge in [-0.25, -0.2) is 0 Å². The van der Waals surface area contributed by atoms with E-state index >= 15 is 0 Å². The minimum atomic E-state index is 0.0667. The van der Waals surface area contributed by atoms with Crippen LogP contribution in [0.15, 0.2) is 18.2 Å². The molecule has 118 valence electrons. The fourth-order valence-corrected chi connectivity index (χ4v) is 2.04. The number of hydrogen-bond acceptors (Lipinski definition) is 4. The summed E-state index contributed by atoms with van der Waals surface area (Å²) in [7, 11) is 3.24. The van der Waals surface area contributed by atoms with Gasteiger partial charge in [-0.3, -0.25) is 4.79 Å². The van der Waals surface area contributed by atoms with E-state index in [0.717, 1.165) is 5.56 Å². The maximum Gasteiger partial charge on any atom is 0.221 e. The van der Waals surface area contributed by atoms with Crippen LogP contribution in [0.1, 0.15) is 38.8 Å². The molecule has 1 aromatic rings. The van der Waals surface area contributed by atoms with Crippen molar-refractivity contribution in [3.63, 3.8) is 0 Å². The molecular weight excluding hydrogens is 268 g/mol. The van der Waals surface area contributed by atoms with Crippen molar-refractivity contribution in [2.75, 3.05) is 20.8 Å². The zero-order valence-electron chi connectivity index (χ0n) is 13.5. The van der Waals surface area contributed by atoms with Crippen LogP contribution in [0.2, 0.25) is 0 Å². The van der Waals surface area contributed by atoms with Gasteiger partial charge in [0.15, 0.2) is 11.5 Å². The van der Waals surface area contributed by atoms with Crippen molar-refractivity contribution in [1.82, 2.24) is 10.6 Å². The average molecular weight is 294 g/mol. The zero-order chi connectivity index (χ0) is 15.8. The molecule has 5 nitrogen and oxygen atoms in total. The highest BCUT2D eigenvalue weighted by molar-refractivity contribution is 5.76. The number of methoxy groups -OCH3 is 2. The number of rotatable bonds is 8. The molecule has 0 aromatic heterocycles. The first-order valence-corrected chi connectivity index (χ1v) is 7.22. The Morgan fingerprint density at radius 3 is 2.38 bits per heavy atom. The van der Waals surface area contributed by atoms with Gasteiger partial charge in [0.05, 0.1) is 14.2 Å². The summed E-state index contributed by atoms with van der Waals surface area (Å²) in [4.78, 5) is 11.6. The number of amides is 1. The van der Waals surface area contributed by atoms with Crippen LogP contribution in [0.4, 0.5) is 0 Å². The number of hydrogen-bond donors (Lipinski definition) is 2. The third kappa shape index (κ3) is 5.63. The van der Waals surface area contributed by atoms with Gasteiger partial charge in [-0.2, -0.15) is 0 Å². The molecule has 0 bridgehead atoms. The fourth-order valence-electron chi connectivity index (χ4n) is 2.04. The smallest absolute Gasteiger partial charge is 0.221 e. The van der Waals surface area contributed by atoms with E-state index in [0.29, 0.717) is 24.5 Å². The standard InChI is InChI=1S/C16H26N2O3/c1-11(2)18-16(19)8-9-17-12(3)13-6-7-14(20-4)15(10-13)21-5/h6-7,10-12,17H,8-9H2,1-5H3,(H,18,19). The highest BCUT2D eigenvalue weighted by Gasteiger charge is 2.10. The van der Waals surface area contributed by atoms with Gasteiger partial charge in [-0.15, -0.1) is 0 Å². The number of carbonyl (C=O) groups excluding carboxylic acids is 1. The molecule has 0 fully saturated rings. The molecule has 5 heteroatoms. The summed E-state index contributed by atoms with van der Waals surface area (Å²) in [5.74, 6) is 1.49. The number of benzene rings is 1. The van der Waals surface area contributed by atoms with Crippen LogP contribution in [0.3, 0.4) is 0 Å². The van der Waals surface area contributed by atoms with E-state index in [1.807, 2.05) is 32.0 Å². The normalized spacial score (nSPS) is 12.1. The Morgan fingerprint density at radius 2 is 1.81 bits per heavy atom. The van der Waals surface area contributed by atoms with Crippen molar-refractivity contribution in [3.8, 4) is 11.5 Å². The minimum absolute atomic E-state index is 0.0667. The van der Waals surface area contributed by atoms with Crippen molar-refractivity contribution in [3.05, 3.63) is 23.8 Å². The lowest BCUT2D eigenvalue weighted by Gasteiger charge is -2.16. The van der Waals surface area contributed by atoms with Crippen molar-refractivity contribution in [2.45, 2.75) is 39.3 Å². The summed E-state index contributed by atoms with van der Waals surface area (Å²) >= 11 is 0. The molecule has 1 atom stereocenters. The molecular formula is C16H26N2O3. The van der Waals surface area contributed by atoms with Gasteiger partial charge in [0.25, 0.3) is 0 Å². The molecule has 0 heterocycles. The molecule has 0 aliphatic heterocycles.